The van der Waals surface area contributed by atoms with Gasteiger partial charge in [0.05, 0.1) is 6.10 Å². The lowest BCUT2D eigenvalue weighted by Crippen LogP contribution is -2.26. The minimum absolute atomic E-state index is 0.107. The lowest BCUT2D eigenvalue weighted by atomic mass is 9.84. The van der Waals surface area contributed by atoms with Gasteiger partial charge in [0.1, 0.15) is 0 Å². The first-order valence-corrected chi connectivity index (χ1v) is 8.11. The average molecular weight is 236 g/mol. The molecule has 1 aromatic heterocycles. The Kier molecular flexibility index (Phi) is 4.27. The highest BCUT2D eigenvalue weighted by molar-refractivity contribution is 6.48. The van der Waals surface area contributed by atoms with Gasteiger partial charge in [-0.05, 0) is 31.5 Å². The molecule has 0 aliphatic rings. The van der Waals surface area contributed by atoms with Gasteiger partial charge < -0.3 is 4.43 Å². The van der Waals surface area contributed by atoms with E-state index in [9.17, 15) is 0 Å². The van der Waals surface area contributed by atoms with Crippen LogP contribution in [0.5, 0.6) is 0 Å². The minimum Gasteiger partial charge on any atom is -0.410 e. The SMILES string of the molecule is Cc1ncccc1C(O[Si](C)C)C(C)(C)C. The van der Waals surface area contributed by atoms with Gasteiger partial charge in [-0.1, -0.05) is 26.8 Å². The van der Waals surface area contributed by atoms with Crippen molar-refractivity contribution in [2.45, 2.75) is 46.9 Å². The summed E-state index contributed by atoms with van der Waals surface area (Å²) >= 11 is 0. The number of hydrogen-bond acceptors (Lipinski definition) is 2. The molecule has 1 rings (SSSR count). The Morgan fingerprint density at radius 1 is 1.31 bits per heavy atom. The second-order valence-electron chi connectivity index (χ2n) is 5.45. The Bertz CT molecular complexity index is 344. The minimum atomic E-state index is -0.707. The van der Waals surface area contributed by atoms with Gasteiger partial charge in [0.15, 0.2) is 0 Å². The molecule has 0 saturated heterocycles. The van der Waals surface area contributed by atoms with E-state index in [4.69, 9.17) is 4.43 Å². The number of rotatable bonds is 3. The molecule has 2 nitrogen and oxygen atoms in total. The summed E-state index contributed by atoms with van der Waals surface area (Å²) in [7, 11) is -0.707. The Labute approximate surface area is 101 Å². The standard InChI is InChI=1S/C13H22NOSi/c1-10-11(8-7-9-14-10)12(13(2,3)4)15-16(5)6/h7-9,12H,1-6H3. The van der Waals surface area contributed by atoms with Crippen LogP contribution < -0.4 is 0 Å². The maximum atomic E-state index is 6.14. The van der Waals surface area contributed by atoms with Crippen LogP contribution in [0, 0.1) is 12.3 Å². The van der Waals surface area contributed by atoms with Gasteiger partial charge in [0.2, 0.25) is 9.04 Å². The van der Waals surface area contributed by atoms with E-state index in [0.29, 0.717) is 0 Å². The van der Waals surface area contributed by atoms with Gasteiger partial charge in [-0.3, -0.25) is 4.98 Å². The largest absolute Gasteiger partial charge is 0.410 e. The van der Waals surface area contributed by atoms with Crippen molar-refractivity contribution in [3.05, 3.63) is 29.6 Å². The maximum Gasteiger partial charge on any atom is 0.205 e. The molecule has 0 aliphatic heterocycles. The third kappa shape index (κ3) is 3.42. The first-order chi connectivity index (χ1) is 7.32. The van der Waals surface area contributed by atoms with Gasteiger partial charge >= 0.3 is 0 Å². The van der Waals surface area contributed by atoms with Crippen molar-refractivity contribution >= 4 is 9.04 Å². The lowest BCUT2D eigenvalue weighted by molar-refractivity contribution is 0.0856. The van der Waals surface area contributed by atoms with E-state index in [2.05, 4.69) is 51.8 Å². The Morgan fingerprint density at radius 3 is 2.38 bits per heavy atom. The van der Waals surface area contributed by atoms with Gasteiger partial charge in [-0.25, -0.2) is 0 Å². The van der Waals surface area contributed by atoms with E-state index in [1.165, 1.54) is 5.56 Å². The molecule has 3 heteroatoms. The highest BCUT2D eigenvalue weighted by atomic mass is 28.3. The van der Waals surface area contributed by atoms with Crippen LogP contribution in [0.2, 0.25) is 13.1 Å². The number of nitrogens with zero attached hydrogens (tertiary/aromatic N) is 1. The fourth-order valence-electron chi connectivity index (χ4n) is 1.72. The zero-order valence-electron chi connectivity index (χ0n) is 11.2. The quantitative estimate of drug-likeness (QED) is 0.746. The van der Waals surface area contributed by atoms with Crippen molar-refractivity contribution in [2.75, 3.05) is 0 Å². The van der Waals surface area contributed by atoms with Crippen molar-refractivity contribution in [1.29, 1.82) is 0 Å². The predicted molar refractivity (Wildman–Crippen MR) is 69.7 cm³/mol. The number of pyridine rings is 1. The number of aryl methyl sites for hydroxylation is 1. The van der Waals surface area contributed by atoms with E-state index in [1.807, 2.05) is 12.3 Å². The third-order valence-corrected chi connectivity index (χ3v) is 3.18. The van der Waals surface area contributed by atoms with Crippen LogP contribution in [-0.2, 0) is 4.43 Å². The molecule has 0 aromatic carbocycles. The van der Waals surface area contributed by atoms with Gasteiger partial charge in [-0.2, -0.15) is 0 Å². The second-order valence-corrected chi connectivity index (χ2v) is 7.50. The molecule has 0 saturated carbocycles. The summed E-state index contributed by atoms with van der Waals surface area (Å²) in [4.78, 5) is 4.35. The summed E-state index contributed by atoms with van der Waals surface area (Å²) in [6.45, 7) is 13.1. The monoisotopic (exact) mass is 236 g/mol. The zero-order chi connectivity index (χ0) is 12.3. The molecule has 0 amide bonds. The highest BCUT2D eigenvalue weighted by Gasteiger charge is 2.29. The summed E-state index contributed by atoms with van der Waals surface area (Å²) in [6.07, 6.45) is 1.98. The Hall–Kier alpha value is -0.673. The number of hydrogen-bond donors (Lipinski definition) is 0. The third-order valence-electron chi connectivity index (χ3n) is 2.47. The fourth-order valence-corrected chi connectivity index (χ4v) is 2.67. The summed E-state index contributed by atoms with van der Waals surface area (Å²) in [5, 5.41) is 0. The predicted octanol–water partition coefficient (Wildman–Crippen LogP) is 3.74. The van der Waals surface area contributed by atoms with Crippen LogP contribution in [-0.4, -0.2) is 14.0 Å². The first-order valence-electron chi connectivity index (χ1n) is 5.70. The smallest absolute Gasteiger partial charge is 0.205 e. The summed E-state index contributed by atoms with van der Waals surface area (Å²) < 4.78 is 6.14. The summed E-state index contributed by atoms with van der Waals surface area (Å²) in [5.41, 5.74) is 2.40. The van der Waals surface area contributed by atoms with Crippen LogP contribution in [0.25, 0.3) is 0 Å². The summed E-state index contributed by atoms with van der Waals surface area (Å²) in [6, 6.07) is 4.12. The molecule has 1 aromatic rings. The molecular weight excluding hydrogens is 214 g/mol. The number of aromatic nitrogens is 1. The van der Waals surface area contributed by atoms with E-state index in [0.717, 1.165) is 5.69 Å². The van der Waals surface area contributed by atoms with Crippen LogP contribution in [0.15, 0.2) is 18.3 Å². The topological polar surface area (TPSA) is 22.1 Å². The normalized spacial score (nSPS) is 14.2. The molecule has 0 N–H and O–H groups in total. The molecule has 1 unspecified atom stereocenters. The molecule has 16 heavy (non-hydrogen) atoms. The zero-order valence-corrected chi connectivity index (χ0v) is 12.2. The van der Waals surface area contributed by atoms with E-state index < -0.39 is 9.04 Å². The van der Waals surface area contributed by atoms with Crippen molar-refractivity contribution in [1.82, 2.24) is 4.98 Å². The molecule has 1 atom stereocenters. The van der Waals surface area contributed by atoms with Crippen LogP contribution in [0.3, 0.4) is 0 Å². The van der Waals surface area contributed by atoms with Gasteiger partial charge in [0, 0.05) is 17.5 Å². The van der Waals surface area contributed by atoms with Crippen molar-refractivity contribution in [3.63, 3.8) is 0 Å². The van der Waals surface area contributed by atoms with E-state index in [-0.39, 0.29) is 11.5 Å². The highest BCUT2D eigenvalue weighted by Crippen LogP contribution is 2.37. The fraction of sp³-hybridized carbons (Fsp3) is 0.615. The van der Waals surface area contributed by atoms with Crippen molar-refractivity contribution < 1.29 is 4.43 Å². The van der Waals surface area contributed by atoms with Crippen molar-refractivity contribution in [2.24, 2.45) is 5.41 Å². The van der Waals surface area contributed by atoms with Crippen LogP contribution in [0.1, 0.15) is 38.1 Å². The molecule has 1 heterocycles. The molecule has 0 fully saturated rings. The molecule has 0 aliphatic carbocycles. The van der Waals surface area contributed by atoms with Gasteiger partial charge in [0.25, 0.3) is 0 Å². The van der Waals surface area contributed by atoms with Crippen molar-refractivity contribution in [3.8, 4) is 0 Å². The Balaban J connectivity index is 3.07. The Morgan fingerprint density at radius 2 is 1.94 bits per heavy atom. The first kappa shape index (κ1) is 13.4. The second kappa shape index (κ2) is 5.10. The summed E-state index contributed by atoms with van der Waals surface area (Å²) in [5.74, 6) is 0. The molecule has 0 bridgehead atoms. The van der Waals surface area contributed by atoms with Gasteiger partial charge in [-0.15, -0.1) is 0 Å². The molecule has 1 radical (unpaired) electrons. The van der Waals surface area contributed by atoms with E-state index >= 15 is 0 Å². The average Bonchev–Trinajstić information content (AvgIpc) is 2.13. The maximum absolute atomic E-state index is 6.14. The lowest BCUT2D eigenvalue weighted by Gasteiger charge is -2.33. The molecular formula is C13H22NOSi. The van der Waals surface area contributed by atoms with E-state index in [1.54, 1.807) is 0 Å². The molecule has 89 valence electrons. The van der Waals surface area contributed by atoms with Crippen LogP contribution in [0.4, 0.5) is 0 Å². The molecule has 0 spiro atoms. The van der Waals surface area contributed by atoms with Crippen LogP contribution >= 0.6 is 0 Å².